The summed E-state index contributed by atoms with van der Waals surface area (Å²) < 4.78 is 11.4. The number of likely N-dealkylation sites (tertiary alicyclic amines) is 1. The Balaban J connectivity index is 1.67. The zero-order chi connectivity index (χ0) is 28.0. The fourth-order valence-electron chi connectivity index (χ4n) is 4.56. The monoisotopic (exact) mass is 536 g/mol. The number of aldehydes is 1. The number of piperidine rings is 1. The van der Waals surface area contributed by atoms with Crippen LogP contribution in [0.5, 0.6) is 5.75 Å². The fraction of sp³-hybridized carbons (Fsp3) is 0.467. The van der Waals surface area contributed by atoms with Gasteiger partial charge in [0.1, 0.15) is 30.5 Å². The van der Waals surface area contributed by atoms with Crippen molar-refractivity contribution in [1.82, 2.24) is 10.2 Å². The summed E-state index contributed by atoms with van der Waals surface area (Å²) in [5.41, 5.74) is 7.33. The molecule has 0 aliphatic carbocycles. The van der Waals surface area contributed by atoms with Crippen molar-refractivity contribution in [2.75, 3.05) is 26.3 Å². The molecule has 0 unspecified atom stereocenters. The molecule has 9 heteroatoms. The van der Waals surface area contributed by atoms with E-state index in [0.29, 0.717) is 50.1 Å². The number of carbonyl (C=O) groups excluding carboxylic acids is 3. The van der Waals surface area contributed by atoms with Crippen LogP contribution in [0.4, 0.5) is 0 Å². The molecule has 2 aromatic rings. The summed E-state index contributed by atoms with van der Waals surface area (Å²) in [7, 11) is 0. The topological polar surface area (TPSA) is 135 Å². The van der Waals surface area contributed by atoms with Crippen molar-refractivity contribution in [2.24, 2.45) is 5.73 Å². The summed E-state index contributed by atoms with van der Waals surface area (Å²) in [5.74, 6) is 0.169. The van der Waals surface area contributed by atoms with Gasteiger partial charge in [-0.15, -0.1) is 0 Å². The summed E-state index contributed by atoms with van der Waals surface area (Å²) >= 11 is 0. The molecule has 3 rings (SSSR count). The number of rotatable bonds is 15. The molecule has 2 aromatic carbocycles. The van der Waals surface area contributed by atoms with E-state index in [-0.39, 0.29) is 30.4 Å². The quantitative estimate of drug-likeness (QED) is 0.138. The molecule has 39 heavy (non-hydrogen) atoms. The minimum atomic E-state index is -0.766. The molecular formula is C30H40N4O5. The lowest BCUT2D eigenvalue weighted by Crippen LogP contribution is -2.52. The minimum Gasteiger partial charge on any atom is -0.494 e. The van der Waals surface area contributed by atoms with Crippen LogP contribution >= 0.6 is 0 Å². The molecule has 1 saturated heterocycles. The molecule has 4 N–H and O–H groups in total. The molecule has 1 aliphatic rings. The van der Waals surface area contributed by atoms with Crippen molar-refractivity contribution < 1.29 is 23.9 Å². The van der Waals surface area contributed by atoms with Crippen LogP contribution < -0.4 is 15.8 Å². The molecule has 0 spiro atoms. The molecule has 0 bridgehead atoms. The van der Waals surface area contributed by atoms with Gasteiger partial charge < -0.3 is 30.2 Å². The maximum atomic E-state index is 13.6. The van der Waals surface area contributed by atoms with E-state index in [1.54, 1.807) is 29.2 Å². The first kappa shape index (κ1) is 29.8. The molecule has 2 amide bonds. The zero-order valence-electron chi connectivity index (χ0n) is 22.7. The highest BCUT2D eigenvalue weighted by atomic mass is 16.5. The SMILES string of the molecule is CCCCCCOc1ccc(C[C@H](NC(=O)c2ccc(C(=N)N)cc2)C(=O)N2CCC(OCC=O)CC2)cc1. The smallest absolute Gasteiger partial charge is 0.251 e. The molecule has 210 valence electrons. The van der Waals surface area contributed by atoms with Gasteiger partial charge in [-0.1, -0.05) is 50.5 Å². The van der Waals surface area contributed by atoms with Gasteiger partial charge in [-0.3, -0.25) is 15.0 Å². The predicted octanol–water partition coefficient (Wildman–Crippen LogP) is 3.48. The standard InChI is InChI=1S/C30H40N4O5/c1-2-3-4-5-19-38-25-12-6-22(7-13-25)21-27(30(37)34-16-14-26(15-17-34)39-20-18-35)33-29(36)24-10-8-23(9-11-24)28(31)32/h6-13,18,26-27H,2-5,14-17,19-21H2,1H3,(H3,31,32)(H,33,36)/t27-/m0/s1. The maximum Gasteiger partial charge on any atom is 0.251 e. The Bertz CT molecular complexity index is 1080. The van der Waals surface area contributed by atoms with Crippen LogP contribution in [-0.4, -0.2) is 67.3 Å². The van der Waals surface area contributed by atoms with Crippen LogP contribution in [0.1, 0.15) is 66.9 Å². The zero-order valence-corrected chi connectivity index (χ0v) is 22.7. The first-order chi connectivity index (χ1) is 18.9. The van der Waals surface area contributed by atoms with E-state index < -0.39 is 6.04 Å². The van der Waals surface area contributed by atoms with Crippen LogP contribution in [-0.2, 0) is 20.7 Å². The van der Waals surface area contributed by atoms with Crippen molar-refractivity contribution in [2.45, 2.75) is 64.0 Å². The lowest BCUT2D eigenvalue weighted by Gasteiger charge is -2.34. The van der Waals surface area contributed by atoms with E-state index in [4.69, 9.17) is 20.6 Å². The lowest BCUT2D eigenvalue weighted by molar-refractivity contribution is -0.136. The number of hydrogen-bond acceptors (Lipinski definition) is 6. The number of nitrogens with two attached hydrogens (primary N) is 1. The summed E-state index contributed by atoms with van der Waals surface area (Å²) in [6, 6.07) is 13.3. The van der Waals surface area contributed by atoms with Gasteiger partial charge in [-0.05, 0) is 49.1 Å². The second kappa shape index (κ2) is 15.6. The summed E-state index contributed by atoms with van der Waals surface area (Å²) in [6.07, 6.45) is 6.83. The second-order valence-corrected chi connectivity index (χ2v) is 9.80. The van der Waals surface area contributed by atoms with Crippen LogP contribution in [0.2, 0.25) is 0 Å². The predicted molar refractivity (Wildman–Crippen MR) is 150 cm³/mol. The van der Waals surface area contributed by atoms with Gasteiger partial charge in [0.05, 0.1) is 12.7 Å². The maximum absolute atomic E-state index is 13.6. The average Bonchev–Trinajstić information content (AvgIpc) is 2.96. The highest BCUT2D eigenvalue weighted by Crippen LogP contribution is 2.18. The molecule has 1 atom stereocenters. The van der Waals surface area contributed by atoms with Gasteiger partial charge in [0.2, 0.25) is 5.91 Å². The van der Waals surface area contributed by atoms with Crippen LogP contribution in [0.3, 0.4) is 0 Å². The van der Waals surface area contributed by atoms with Crippen molar-refractivity contribution in [3.8, 4) is 5.75 Å². The van der Waals surface area contributed by atoms with E-state index in [9.17, 15) is 14.4 Å². The molecular weight excluding hydrogens is 496 g/mol. The first-order valence-electron chi connectivity index (χ1n) is 13.7. The van der Waals surface area contributed by atoms with Crippen LogP contribution in [0.15, 0.2) is 48.5 Å². The molecule has 0 saturated carbocycles. The number of nitrogen functional groups attached to an aromatic ring is 1. The third-order valence-electron chi connectivity index (χ3n) is 6.84. The Morgan fingerprint density at radius 1 is 1.05 bits per heavy atom. The van der Waals surface area contributed by atoms with Crippen LogP contribution in [0.25, 0.3) is 0 Å². The largest absolute Gasteiger partial charge is 0.494 e. The highest BCUT2D eigenvalue weighted by Gasteiger charge is 2.30. The lowest BCUT2D eigenvalue weighted by atomic mass is 10.0. The number of ether oxygens (including phenoxy) is 2. The molecule has 1 aliphatic heterocycles. The highest BCUT2D eigenvalue weighted by molar-refractivity contribution is 5.99. The van der Waals surface area contributed by atoms with Crippen molar-refractivity contribution >= 4 is 23.9 Å². The fourth-order valence-corrected chi connectivity index (χ4v) is 4.56. The Kier molecular flexibility index (Phi) is 12.0. The Morgan fingerprint density at radius 3 is 2.33 bits per heavy atom. The molecule has 1 fully saturated rings. The first-order valence-corrected chi connectivity index (χ1v) is 13.7. The number of nitrogens with zero attached hydrogens (tertiary/aromatic N) is 1. The number of amidine groups is 1. The number of nitrogens with one attached hydrogen (secondary N) is 2. The van der Waals surface area contributed by atoms with Gasteiger partial charge in [-0.25, -0.2) is 0 Å². The molecule has 0 aromatic heterocycles. The average molecular weight is 537 g/mol. The number of carbonyl (C=O) groups is 3. The number of hydrogen-bond donors (Lipinski definition) is 3. The number of benzene rings is 2. The van der Waals surface area contributed by atoms with Gasteiger partial charge in [0.25, 0.3) is 5.91 Å². The van der Waals surface area contributed by atoms with Gasteiger partial charge in [0.15, 0.2) is 0 Å². The number of amides is 2. The van der Waals surface area contributed by atoms with Gasteiger partial charge in [-0.2, -0.15) is 0 Å². The summed E-state index contributed by atoms with van der Waals surface area (Å²) in [6.45, 7) is 3.89. The van der Waals surface area contributed by atoms with E-state index in [2.05, 4.69) is 12.2 Å². The van der Waals surface area contributed by atoms with Gasteiger partial charge in [0, 0.05) is 30.6 Å². The van der Waals surface area contributed by atoms with E-state index in [0.717, 1.165) is 30.4 Å². The third-order valence-corrected chi connectivity index (χ3v) is 6.84. The minimum absolute atomic E-state index is 0.0537. The van der Waals surface area contributed by atoms with Gasteiger partial charge >= 0.3 is 0 Å². The summed E-state index contributed by atoms with van der Waals surface area (Å²) in [4.78, 5) is 39.0. The Hall–Kier alpha value is -3.72. The van der Waals surface area contributed by atoms with E-state index in [1.807, 2.05) is 24.3 Å². The van der Waals surface area contributed by atoms with Crippen molar-refractivity contribution in [3.05, 3.63) is 65.2 Å². The molecule has 9 nitrogen and oxygen atoms in total. The Labute approximate surface area is 230 Å². The normalized spacial score (nSPS) is 14.4. The van der Waals surface area contributed by atoms with E-state index in [1.165, 1.54) is 12.8 Å². The third kappa shape index (κ3) is 9.51. The Morgan fingerprint density at radius 2 is 1.72 bits per heavy atom. The van der Waals surface area contributed by atoms with E-state index >= 15 is 0 Å². The van der Waals surface area contributed by atoms with Crippen molar-refractivity contribution in [1.29, 1.82) is 5.41 Å². The van der Waals surface area contributed by atoms with Crippen molar-refractivity contribution in [3.63, 3.8) is 0 Å². The molecule has 1 heterocycles. The van der Waals surface area contributed by atoms with Crippen LogP contribution in [0, 0.1) is 5.41 Å². The number of unbranched alkanes of at least 4 members (excludes halogenated alkanes) is 3. The summed E-state index contributed by atoms with van der Waals surface area (Å²) in [5, 5.41) is 10.5. The second-order valence-electron chi connectivity index (χ2n) is 9.80. The molecule has 0 radical (unpaired) electrons.